The summed E-state index contributed by atoms with van der Waals surface area (Å²) in [4.78, 5) is 10.9. The molecule has 2 aromatic heterocycles. The van der Waals surface area contributed by atoms with E-state index in [-0.39, 0.29) is 12.6 Å². The van der Waals surface area contributed by atoms with E-state index in [4.69, 9.17) is 5.11 Å². The van der Waals surface area contributed by atoms with Crippen molar-refractivity contribution in [2.45, 2.75) is 25.8 Å². The van der Waals surface area contributed by atoms with Gasteiger partial charge >= 0.3 is 0 Å². The third-order valence-electron chi connectivity index (χ3n) is 3.70. The summed E-state index contributed by atoms with van der Waals surface area (Å²) in [6, 6.07) is 12.7. The summed E-state index contributed by atoms with van der Waals surface area (Å²) < 4.78 is 0. The first-order chi connectivity index (χ1) is 10.8. The molecule has 3 aromatic rings. The minimum Gasteiger partial charge on any atom is -0.396 e. The minimum atomic E-state index is 0.179. The number of anilines is 1. The van der Waals surface area contributed by atoms with Gasteiger partial charge in [-0.2, -0.15) is 0 Å². The first-order valence-corrected chi connectivity index (χ1v) is 8.30. The Labute approximate surface area is 133 Å². The Hall–Kier alpha value is -1.98. The Kier molecular flexibility index (Phi) is 4.65. The van der Waals surface area contributed by atoms with Gasteiger partial charge in [-0.3, -0.25) is 0 Å². The summed E-state index contributed by atoms with van der Waals surface area (Å²) in [5.41, 5.74) is 1.19. The molecule has 5 heteroatoms. The smallest absolute Gasteiger partial charge is 0.138 e. The van der Waals surface area contributed by atoms with Crippen LogP contribution in [0.1, 0.15) is 19.8 Å². The first kappa shape index (κ1) is 14.9. The number of hydrogen-bond acceptors (Lipinski definition) is 5. The van der Waals surface area contributed by atoms with Crippen molar-refractivity contribution >= 4 is 27.4 Å². The number of fused-ring (bicyclic) bond motifs is 1. The van der Waals surface area contributed by atoms with Crippen LogP contribution in [-0.2, 0) is 0 Å². The molecule has 0 amide bonds. The van der Waals surface area contributed by atoms with Gasteiger partial charge in [0, 0.05) is 17.5 Å². The molecule has 0 fully saturated rings. The molecule has 3 rings (SSSR count). The maximum atomic E-state index is 9.14. The van der Waals surface area contributed by atoms with Gasteiger partial charge in [-0.1, -0.05) is 37.3 Å². The zero-order valence-corrected chi connectivity index (χ0v) is 13.3. The van der Waals surface area contributed by atoms with Crippen LogP contribution in [0.4, 0.5) is 5.82 Å². The summed E-state index contributed by atoms with van der Waals surface area (Å²) in [6.07, 6.45) is 3.26. The second-order valence-electron chi connectivity index (χ2n) is 5.18. The zero-order chi connectivity index (χ0) is 15.4. The van der Waals surface area contributed by atoms with Crippen LogP contribution in [-0.4, -0.2) is 27.7 Å². The molecule has 0 aliphatic carbocycles. The van der Waals surface area contributed by atoms with E-state index in [1.54, 1.807) is 17.7 Å². The Bertz CT molecular complexity index is 742. The van der Waals surface area contributed by atoms with Crippen LogP contribution in [0.3, 0.4) is 0 Å². The highest BCUT2D eigenvalue weighted by Gasteiger charge is 2.13. The predicted molar refractivity (Wildman–Crippen MR) is 92.3 cm³/mol. The fourth-order valence-electron chi connectivity index (χ4n) is 2.44. The van der Waals surface area contributed by atoms with E-state index < -0.39 is 0 Å². The topological polar surface area (TPSA) is 58.0 Å². The third-order valence-corrected chi connectivity index (χ3v) is 4.79. The fourth-order valence-corrected chi connectivity index (χ4v) is 3.45. The summed E-state index contributed by atoms with van der Waals surface area (Å²) in [5, 5.41) is 13.6. The van der Waals surface area contributed by atoms with Crippen LogP contribution in [0, 0.1) is 0 Å². The molecule has 1 aromatic carbocycles. The van der Waals surface area contributed by atoms with Gasteiger partial charge in [0.1, 0.15) is 17.0 Å². The highest BCUT2D eigenvalue weighted by Crippen LogP contribution is 2.35. The van der Waals surface area contributed by atoms with Gasteiger partial charge < -0.3 is 10.4 Å². The standard InChI is InChI=1S/C17H19N3OS/c1-2-13(8-9-21)20-16-14-10-15(12-6-4-3-5-7-12)22-17(14)19-11-18-16/h3-7,10-11,13,21H,2,8-9H2,1H3,(H,18,19,20). The Balaban J connectivity index is 1.96. The number of aromatic nitrogens is 2. The molecule has 0 radical (unpaired) electrons. The number of aliphatic hydroxyl groups excluding tert-OH is 1. The highest BCUT2D eigenvalue weighted by molar-refractivity contribution is 7.21. The number of hydrogen-bond donors (Lipinski definition) is 2. The molecule has 0 bridgehead atoms. The minimum absolute atomic E-state index is 0.179. The number of nitrogens with one attached hydrogen (secondary N) is 1. The van der Waals surface area contributed by atoms with E-state index in [0.29, 0.717) is 0 Å². The third kappa shape index (κ3) is 3.10. The second kappa shape index (κ2) is 6.85. The van der Waals surface area contributed by atoms with Crippen LogP contribution in [0.2, 0.25) is 0 Å². The van der Waals surface area contributed by atoms with E-state index in [2.05, 4.69) is 40.4 Å². The molecule has 0 aliphatic heterocycles. The lowest BCUT2D eigenvalue weighted by atomic mass is 10.1. The first-order valence-electron chi connectivity index (χ1n) is 7.49. The van der Waals surface area contributed by atoms with Crippen molar-refractivity contribution in [3.63, 3.8) is 0 Å². The van der Waals surface area contributed by atoms with E-state index in [0.717, 1.165) is 28.9 Å². The fraction of sp³-hybridized carbons (Fsp3) is 0.294. The van der Waals surface area contributed by atoms with E-state index in [1.165, 1.54) is 10.4 Å². The number of benzene rings is 1. The molecule has 2 heterocycles. The zero-order valence-electron chi connectivity index (χ0n) is 12.5. The molecule has 2 N–H and O–H groups in total. The van der Waals surface area contributed by atoms with Gasteiger partial charge in [0.15, 0.2) is 0 Å². The summed E-state index contributed by atoms with van der Waals surface area (Å²) in [6.45, 7) is 2.29. The Morgan fingerprint density at radius 3 is 2.77 bits per heavy atom. The molecule has 22 heavy (non-hydrogen) atoms. The summed E-state index contributed by atoms with van der Waals surface area (Å²) in [7, 11) is 0. The Morgan fingerprint density at radius 2 is 2.05 bits per heavy atom. The largest absolute Gasteiger partial charge is 0.396 e. The van der Waals surface area contributed by atoms with Crippen molar-refractivity contribution < 1.29 is 5.11 Å². The van der Waals surface area contributed by atoms with Crippen LogP contribution < -0.4 is 5.32 Å². The molecule has 0 saturated heterocycles. The molecular weight excluding hydrogens is 294 g/mol. The van der Waals surface area contributed by atoms with Gasteiger partial charge in [0.2, 0.25) is 0 Å². The maximum absolute atomic E-state index is 9.14. The number of nitrogens with zero attached hydrogens (tertiary/aromatic N) is 2. The van der Waals surface area contributed by atoms with Crippen LogP contribution in [0.25, 0.3) is 20.7 Å². The second-order valence-corrected chi connectivity index (χ2v) is 6.21. The molecule has 0 spiro atoms. The molecule has 0 saturated carbocycles. The number of rotatable bonds is 6. The average Bonchev–Trinajstić information content (AvgIpc) is 3.00. The monoisotopic (exact) mass is 313 g/mol. The van der Waals surface area contributed by atoms with Crippen molar-refractivity contribution in [3.8, 4) is 10.4 Å². The SMILES string of the molecule is CCC(CCO)Nc1ncnc2sc(-c3ccccc3)cc12. The molecule has 1 unspecified atom stereocenters. The van der Waals surface area contributed by atoms with Crippen molar-refractivity contribution in [1.82, 2.24) is 9.97 Å². The maximum Gasteiger partial charge on any atom is 0.138 e. The molecular formula is C17H19N3OS. The molecule has 4 nitrogen and oxygen atoms in total. The number of thiophene rings is 1. The Morgan fingerprint density at radius 1 is 1.23 bits per heavy atom. The van der Waals surface area contributed by atoms with Crippen LogP contribution >= 0.6 is 11.3 Å². The van der Waals surface area contributed by atoms with Gasteiger partial charge in [0.25, 0.3) is 0 Å². The lowest BCUT2D eigenvalue weighted by molar-refractivity contribution is 0.278. The normalized spacial score (nSPS) is 12.5. The average molecular weight is 313 g/mol. The van der Waals surface area contributed by atoms with Gasteiger partial charge in [-0.25, -0.2) is 9.97 Å². The lowest BCUT2D eigenvalue weighted by Crippen LogP contribution is -2.20. The van der Waals surface area contributed by atoms with E-state index in [9.17, 15) is 0 Å². The van der Waals surface area contributed by atoms with Gasteiger partial charge in [-0.15, -0.1) is 11.3 Å². The van der Waals surface area contributed by atoms with E-state index in [1.807, 2.05) is 18.2 Å². The summed E-state index contributed by atoms with van der Waals surface area (Å²) in [5.74, 6) is 0.851. The van der Waals surface area contributed by atoms with Crippen LogP contribution in [0.5, 0.6) is 0 Å². The van der Waals surface area contributed by atoms with Crippen molar-refractivity contribution in [2.75, 3.05) is 11.9 Å². The quantitative estimate of drug-likeness (QED) is 0.724. The number of aliphatic hydroxyl groups is 1. The van der Waals surface area contributed by atoms with Crippen molar-refractivity contribution in [2.24, 2.45) is 0 Å². The van der Waals surface area contributed by atoms with Gasteiger partial charge in [-0.05, 0) is 24.5 Å². The van der Waals surface area contributed by atoms with Crippen molar-refractivity contribution in [3.05, 3.63) is 42.7 Å². The summed E-state index contributed by atoms with van der Waals surface area (Å²) >= 11 is 1.67. The van der Waals surface area contributed by atoms with Crippen molar-refractivity contribution in [1.29, 1.82) is 0 Å². The highest BCUT2D eigenvalue weighted by atomic mass is 32.1. The van der Waals surface area contributed by atoms with Crippen LogP contribution in [0.15, 0.2) is 42.7 Å². The predicted octanol–water partition coefficient (Wildman–Crippen LogP) is 3.93. The molecule has 114 valence electrons. The lowest BCUT2D eigenvalue weighted by Gasteiger charge is -2.16. The molecule has 0 aliphatic rings. The molecule has 1 atom stereocenters. The van der Waals surface area contributed by atoms with E-state index >= 15 is 0 Å². The van der Waals surface area contributed by atoms with Gasteiger partial charge in [0.05, 0.1) is 5.39 Å².